The van der Waals surface area contributed by atoms with Crippen molar-refractivity contribution in [1.29, 1.82) is 5.26 Å². The maximum absolute atomic E-state index is 11.2. The van der Waals surface area contributed by atoms with Gasteiger partial charge in [-0.15, -0.1) is 0 Å². The molecule has 1 aliphatic carbocycles. The zero-order chi connectivity index (χ0) is 15.5. The summed E-state index contributed by atoms with van der Waals surface area (Å²) in [5, 5.41) is 21.5. The lowest BCUT2D eigenvalue weighted by molar-refractivity contribution is 0.0697. The van der Waals surface area contributed by atoms with E-state index in [2.05, 4.69) is 11.4 Å². The predicted molar refractivity (Wildman–Crippen MR) is 84.8 cm³/mol. The molecular formula is C18H16N2O2. The molecule has 0 radical (unpaired) electrons. The summed E-state index contributed by atoms with van der Waals surface area (Å²) in [6.45, 7) is 0. The lowest BCUT2D eigenvalue weighted by Crippen LogP contribution is -2.27. The molecule has 3 rings (SSSR count). The second-order valence-electron chi connectivity index (χ2n) is 5.53. The van der Waals surface area contributed by atoms with Gasteiger partial charge < -0.3 is 10.4 Å². The van der Waals surface area contributed by atoms with E-state index >= 15 is 0 Å². The molecule has 2 aromatic carbocycles. The number of carbonyl (C=O) groups is 1. The smallest absolute Gasteiger partial charge is 0.335 e. The van der Waals surface area contributed by atoms with E-state index in [4.69, 9.17) is 5.26 Å². The van der Waals surface area contributed by atoms with Gasteiger partial charge in [-0.2, -0.15) is 5.26 Å². The van der Waals surface area contributed by atoms with Crippen molar-refractivity contribution in [2.24, 2.45) is 0 Å². The van der Waals surface area contributed by atoms with Crippen molar-refractivity contribution >= 4 is 11.7 Å². The van der Waals surface area contributed by atoms with Crippen LogP contribution in [0, 0.1) is 11.3 Å². The standard InChI is InChI=1S/C18H16N2O2/c19-11-12-4-6-13(7-5-12)16-9-8-14(18(21)22)10-17(16)20-15-2-1-3-15/h4-10,15,20H,1-3H2,(H,21,22). The fraction of sp³-hybridized carbons (Fsp3) is 0.222. The van der Waals surface area contributed by atoms with E-state index in [9.17, 15) is 9.90 Å². The molecule has 22 heavy (non-hydrogen) atoms. The fourth-order valence-electron chi connectivity index (χ4n) is 2.55. The Balaban J connectivity index is 2.00. The number of carboxylic acid groups (broad SMARTS) is 1. The molecule has 0 heterocycles. The number of rotatable bonds is 4. The molecule has 4 heteroatoms. The topological polar surface area (TPSA) is 73.1 Å². The van der Waals surface area contributed by atoms with E-state index in [-0.39, 0.29) is 5.56 Å². The molecule has 0 aromatic heterocycles. The lowest BCUT2D eigenvalue weighted by Gasteiger charge is -2.28. The van der Waals surface area contributed by atoms with Crippen LogP contribution in [0.3, 0.4) is 0 Å². The molecule has 0 spiro atoms. The van der Waals surface area contributed by atoms with Crippen LogP contribution < -0.4 is 5.32 Å². The highest BCUT2D eigenvalue weighted by Crippen LogP contribution is 2.32. The Labute approximate surface area is 129 Å². The molecule has 110 valence electrons. The van der Waals surface area contributed by atoms with Crippen LogP contribution in [0.4, 0.5) is 5.69 Å². The van der Waals surface area contributed by atoms with Crippen molar-refractivity contribution in [1.82, 2.24) is 0 Å². The summed E-state index contributed by atoms with van der Waals surface area (Å²) in [6.07, 6.45) is 3.44. The van der Waals surface area contributed by atoms with Crippen molar-refractivity contribution in [2.45, 2.75) is 25.3 Å². The third-order valence-electron chi connectivity index (χ3n) is 4.06. The first kappa shape index (κ1) is 14.2. The van der Waals surface area contributed by atoms with Gasteiger partial charge in [0.1, 0.15) is 0 Å². The Morgan fingerprint density at radius 2 is 1.91 bits per heavy atom. The van der Waals surface area contributed by atoms with Gasteiger partial charge in [-0.3, -0.25) is 0 Å². The second kappa shape index (κ2) is 5.90. The van der Waals surface area contributed by atoms with Crippen molar-refractivity contribution in [2.75, 3.05) is 5.32 Å². The Hall–Kier alpha value is -2.80. The predicted octanol–water partition coefficient (Wildman–Crippen LogP) is 3.89. The Bertz CT molecular complexity index is 741. The van der Waals surface area contributed by atoms with Gasteiger partial charge in [-0.25, -0.2) is 4.79 Å². The van der Waals surface area contributed by atoms with E-state index < -0.39 is 5.97 Å². The first-order valence-corrected chi connectivity index (χ1v) is 7.32. The Morgan fingerprint density at radius 3 is 2.45 bits per heavy atom. The maximum atomic E-state index is 11.2. The van der Waals surface area contributed by atoms with E-state index in [1.807, 2.05) is 18.2 Å². The summed E-state index contributed by atoms with van der Waals surface area (Å²) in [5.41, 5.74) is 3.66. The number of hydrogen-bond acceptors (Lipinski definition) is 3. The maximum Gasteiger partial charge on any atom is 0.335 e. The summed E-state index contributed by atoms with van der Waals surface area (Å²) in [6, 6.07) is 15.0. The molecule has 2 aromatic rings. The summed E-state index contributed by atoms with van der Waals surface area (Å²) >= 11 is 0. The van der Waals surface area contributed by atoms with Crippen molar-refractivity contribution < 1.29 is 9.90 Å². The molecule has 4 nitrogen and oxygen atoms in total. The van der Waals surface area contributed by atoms with Gasteiger partial charge in [0.15, 0.2) is 0 Å². The fourth-order valence-corrected chi connectivity index (χ4v) is 2.55. The molecule has 0 saturated heterocycles. The van der Waals surface area contributed by atoms with Gasteiger partial charge in [0.05, 0.1) is 17.2 Å². The molecule has 0 atom stereocenters. The largest absolute Gasteiger partial charge is 0.478 e. The zero-order valence-corrected chi connectivity index (χ0v) is 12.0. The molecule has 0 unspecified atom stereocenters. The van der Waals surface area contributed by atoms with Gasteiger partial charge >= 0.3 is 5.97 Å². The first-order valence-electron chi connectivity index (χ1n) is 7.32. The van der Waals surface area contributed by atoms with Crippen molar-refractivity contribution in [3.05, 3.63) is 53.6 Å². The van der Waals surface area contributed by atoms with E-state index in [1.54, 1.807) is 24.3 Å². The summed E-state index contributed by atoms with van der Waals surface area (Å²) in [7, 11) is 0. The Kier molecular flexibility index (Phi) is 3.80. The molecular weight excluding hydrogens is 276 g/mol. The zero-order valence-electron chi connectivity index (χ0n) is 12.0. The monoisotopic (exact) mass is 292 g/mol. The van der Waals surface area contributed by atoms with Crippen LogP contribution in [0.25, 0.3) is 11.1 Å². The second-order valence-corrected chi connectivity index (χ2v) is 5.53. The average Bonchev–Trinajstić information content (AvgIpc) is 2.51. The third kappa shape index (κ3) is 2.79. The minimum absolute atomic E-state index is 0.277. The van der Waals surface area contributed by atoms with Crippen LogP contribution in [-0.2, 0) is 0 Å². The number of hydrogen-bond donors (Lipinski definition) is 2. The minimum atomic E-state index is -0.928. The van der Waals surface area contributed by atoms with Crippen LogP contribution in [0.5, 0.6) is 0 Å². The summed E-state index contributed by atoms with van der Waals surface area (Å²) in [4.78, 5) is 11.2. The number of aromatic carboxylic acids is 1. The molecule has 0 bridgehead atoms. The Morgan fingerprint density at radius 1 is 1.18 bits per heavy atom. The van der Waals surface area contributed by atoms with E-state index in [0.29, 0.717) is 11.6 Å². The number of anilines is 1. The van der Waals surface area contributed by atoms with Gasteiger partial charge in [-0.05, 0) is 49.1 Å². The van der Waals surface area contributed by atoms with Crippen LogP contribution in [0.1, 0.15) is 35.2 Å². The summed E-state index contributed by atoms with van der Waals surface area (Å²) in [5.74, 6) is -0.928. The van der Waals surface area contributed by atoms with E-state index in [0.717, 1.165) is 29.7 Å². The number of nitrogens with zero attached hydrogens (tertiary/aromatic N) is 1. The molecule has 0 aliphatic heterocycles. The van der Waals surface area contributed by atoms with Gasteiger partial charge in [0.25, 0.3) is 0 Å². The van der Waals surface area contributed by atoms with Crippen LogP contribution in [-0.4, -0.2) is 17.1 Å². The molecule has 1 saturated carbocycles. The number of nitrogens with one attached hydrogen (secondary N) is 1. The first-order chi connectivity index (χ1) is 10.7. The SMILES string of the molecule is N#Cc1ccc(-c2ccc(C(=O)O)cc2NC2CCC2)cc1. The molecule has 1 fully saturated rings. The van der Waals surface area contributed by atoms with Gasteiger partial charge in [0.2, 0.25) is 0 Å². The number of nitriles is 1. The lowest BCUT2D eigenvalue weighted by atomic mass is 9.91. The summed E-state index contributed by atoms with van der Waals surface area (Å²) < 4.78 is 0. The highest BCUT2D eigenvalue weighted by Gasteiger charge is 2.19. The number of carboxylic acids is 1. The highest BCUT2D eigenvalue weighted by atomic mass is 16.4. The molecule has 2 N–H and O–H groups in total. The highest BCUT2D eigenvalue weighted by molar-refractivity contribution is 5.92. The average molecular weight is 292 g/mol. The molecule has 0 amide bonds. The van der Waals surface area contributed by atoms with Crippen molar-refractivity contribution in [3.63, 3.8) is 0 Å². The quantitative estimate of drug-likeness (QED) is 0.896. The van der Waals surface area contributed by atoms with Crippen LogP contribution in [0.15, 0.2) is 42.5 Å². The minimum Gasteiger partial charge on any atom is -0.478 e. The third-order valence-corrected chi connectivity index (χ3v) is 4.06. The van der Waals surface area contributed by atoms with Gasteiger partial charge in [-0.1, -0.05) is 18.2 Å². The number of benzene rings is 2. The van der Waals surface area contributed by atoms with Crippen LogP contribution in [0.2, 0.25) is 0 Å². The van der Waals surface area contributed by atoms with Crippen LogP contribution >= 0.6 is 0 Å². The van der Waals surface area contributed by atoms with E-state index in [1.165, 1.54) is 6.42 Å². The molecule has 1 aliphatic rings. The van der Waals surface area contributed by atoms with Crippen molar-refractivity contribution in [3.8, 4) is 17.2 Å². The van der Waals surface area contributed by atoms with Gasteiger partial charge in [0, 0.05) is 17.3 Å². The normalized spacial score (nSPS) is 14.0.